The second-order valence-corrected chi connectivity index (χ2v) is 4.43. The predicted octanol–water partition coefficient (Wildman–Crippen LogP) is 0.192. The third-order valence-corrected chi connectivity index (χ3v) is 2.88. The molecule has 0 aliphatic heterocycles. The highest BCUT2D eigenvalue weighted by molar-refractivity contribution is 5.81. The normalized spacial score (nSPS) is 12.6. The summed E-state index contributed by atoms with van der Waals surface area (Å²) in [5, 5.41) is 0.909. The van der Waals surface area contributed by atoms with Crippen LogP contribution in [0.4, 0.5) is 0 Å². The average Bonchev–Trinajstić information content (AvgIpc) is 2.30. The van der Waals surface area contributed by atoms with Gasteiger partial charge in [-0.1, -0.05) is 12.1 Å². The van der Waals surface area contributed by atoms with Gasteiger partial charge in [0.15, 0.2) is 0 Å². The van der Waals surface area contributed by atoms with Crippen LogP contribution in [0.25, 0.3) is 10.9 Å². The molecule has 0 saturated carbocycles. The van der Waals surface area contributed by atoms with E-state index in [4.69, 9.17) is 11.5 Å². The van der Waals surface area contributed by atoms with Crippen LogP contribution in [0.3, 0.4) is 0 Å². The van der Waals surface area contributed by atoms with Gasteiger partial charge in [-0.15, -0.1) is 0 Å². The quantitative estimate of drug-likeness (QED) is 0.719. The van der Waals surface area contributed by atoms with Gasteiger partial charge in [0.2, 0.25) is 5.91 Å². The van der Waals surface area contributed by atoms with Crippen LogP contribution in [0.5, 0.6) is 0 Å². The number of aromatic amines is 1. The third-order valence-electron chi connectivity index (χ3n) is 2.88. The van der Waals surface area contributed by atoms with Crippen LogP contribution in [0.15, 0.2) is 29.1 Å². The molecule has 1 atom stereocenters. The van der Waals surface area contributed by atoms with Gasteiger partial charge < -0.3 is 16.5 Å². The van der Waals surface area contributed by atoms with E-state index in [1.54, 1.807) is 6.07 Å². The van der Waals surface area contributed by atoms with Gasteiger partial charge in [-0.05, 0) is 30.0 Å². The monoisotopic (exact) mass is 245 g/mol. The van der Waals surface area contributed by atoms with Crippen molar-refractivity contribution in [1.29, 1.82) is 0 Å². The molecule has 0 fully saturated rings. The first-order chi connectivity index (χ1) is 8.47. The fourth-order valence-corrected chi connectivity index (χ4v) is 1.85. The number of nitrogens with two attached hydrogens (primary N) is 2. The second-order valence-electron chi connectivity index (χ2n) is 4.43. The number of fused-ring (bicyclic) bond motifs is 1. The first kappa shape index (κ1) is 12.3. The number of carbonyl (C=O) groups excluding carboxylic acids is 1. The molecule has 94 valence electrons. The molecule has 5 N–H and O–H groups in total. The lowest BCUT2D eigenvalue weighted by molar-refractivity contribution is -0.119. The molecule has 0 radical (unpaired) electrons. The van der Waals surface area contributed by atoms with Crippen molar-refractivity contribution in [3.8, 4) is 0 Å². The van der Waals surface area contributed by atoms with Crippen molar-refractivity contribution in [1.82, 2.24) is 4.98 Å². The van der Waals surface area contributed by atoms with Gasteiger partial charge in [-0.2, -0.15) is 0 Å². The zero-order valence-corrected chi connectivity index (χ0v) is 10.1. The Bertz CT molecular complexity index is 661. The van der Waals surface area contributed by atoms with Gasteiger partial charge in [0.05, 0.1) is 6.04 Å². The number of aryl methyl sites for hydroxylation is 1. The minimum absolute atomic E-state index is 0.147. The number of amides is 1. The summed E-state index contributed by atoms with van der Waals surface area (Å²) in [5.74, 6) is -0.613. The fraction of sp³-hybridized carbons (Fsp3) is 0.231. The topological polar surface area (TPSA) is 102 Å². The Morgan fingerprint density at radius 2 is 2.11 bits per heavy atom. The molecule has 0 bridgehead atoms. The van der Waals surface area contributed by atoms with E-state index < -0.39 is 11.9 Å². The summed E-state index contributed by atoms with van der Waals surface area (Å²) < 4.78 is 0. The molecule has 18 heavy (non-hydrogen) atoms. The lowest BCUT2D eigenvalue weighted by Crippen LogP contribution is -2.39. The standard InChI is InChI=1S/C13H15N3O2/c1-7-2-3-8-5-9(6-10(14)12(15)17)13(18)16-11(8)4-7/h2-5,10H,6,14H2,1H3,(H2,15,17)(H,16,18). The number of rotatable bonds is 3. The summed E-state index contributed by atoms with van der Waals surface area (Å²) >= 11 is 0. The predicted molar refractivity (Wildman–Crippen MR) is 70.2 cm³/mol. The molecular formula is C13H15N3O2. The van der Waals surface area contributed by atoms with Crippen LogP contribution in [-0.4, -0.2) is 16.9 Å². The first-order valence-electron chi connectivity index (χ1n) is 5.65. The maximum Gasteiger partial charge on any atom is 0.251 e. The number of hydrogen-bond donors (Lipinski definition) is 3. The number of nitrogens with one attached hydrogen (secondary N) is 1. The number of pyridine rings is 1. The number of primary amides is 1. The van der Waals surface area contributed by atoms with E-state index >= 15 is 0 Å². The summed E-state index contributed by atoms with van der Waals surface area (Å²) in [7, 11) is 0. The van der Waals surface area contributed by atoms with Crippen molar-refractivity contribution >= 4 is 16.8 Å². The molecule has 1 amide bonds. The number of carbonyl (C=O) groups is 1. The van der Waals surface area contributed by atoms with Crippen molar-refractivity contribution < 1.29 is 4.79 Å². The SMILES string of the molecule is Cc1ccc2cc(CC(N)C(N)=O)c(=O)[nH]c2c1. The number of hydrogen-bond acceptors (Lipinski definition) is 3. The Balaban J connectivity index is 2.47. The highest BCUT2D eigenvalue weighted by Gasteiger charge is 2.13. The molecule has 1 heterocycles. The zero-order valence-electron chi connectivity index (χ0n) is 10.1. The molecule has 0 aliphatic carbocycles. The molecule has 5 nitrogen and oxygen atoms in total. The average molecular weight is 245 g/mol. The number of benzene rings is 1. The summed E-state index contributed by atoms with van der Waals surface area (Å²) in [5.41, 5.74) is 12.7. The van der Waals surface area contributed by atoms with E-state index in [1.807, 2.05) is 25.1 Å². The van der Waals surface area contributed by atoms with Crippen LogP contribution in [-0.2, 0) is 11.2 Å². The van der Waals surface area contributed by atoms with Crippen molar-refractivity contribution in [2.45, 2.75) is 19.4 Å². The maximum absolute atomic E-state index is 11.8. The van der Waals surface area contributed by atoms with E-state index in [0.29, 0.717) is 5.56 Å². The molecular weight excluding hydrogens is 230 g/mol. The molecule has 1 unspecified atom stereocenters. The number of aromatic nitrogens is 1. The lowest BCUT2D eigenvalue weighted by atomic mass is 10.0. The van der Waals surface area contributed by atoms with Crippen molar-refractivity contribution in [2.24, 2.45) is 11.5 Å². The molecule has 2 rings (SSSR count). The smallest absolute Gasteiger partial charge is 0.251 e. The minimum Gasteiger partial charge on any atom is -0.368 e. The molecule has 5 heteroatoms. The minimum atomic E-state index is -0.839. The van der Waals surface area contributed by atoms with Gasteiger partial charge >= 0.3 is 0 Å². The van der Waals surface area contributed by atoms with Crippen LogP contribution in [0.2, 0.25) is 0 Å². The fourth-order valence-electron chi connectivity index (χ4n) is 1.85. The van der Waals surface area contributed by atoms with Gasteiger partial charge in [-0.25, -0.2) is 0 Å². The van der Waals surface area contributed by atoms with Gasteiger partial charge in [0, 0.05) is 17.5 Å². The molecule has 1 aromatic carbocycles. The molecule has 0 aliphatic rings. The second kappa shape index (κ2) is 4.62. The molecule has 1 aromatic heterocycles. The van der Waals surface area contributed by atoms with Crippen molar-refractivity contribution in [3.63, 3.8) is 0 Å². The largest absolute Gasteiger partial charge is 0.368 e. The Hall–Kier alpha value is -2.14. The van der Waals surface area contributed by atoms with Gasteiger partial charge in [0.1, 0.15) is 0 Å². The van der Waals surface area contributed by atoms with Crippen LogP contribution in [0.1, 0.15) is 11.1 Å². The van der Waals surface area contributed by atoms with E-state index in [1.165, 1.54) is 0 Å². The highest BCUT2D eigenvalue weighted by atomic mass is 16.1. The van der Waals surface area contributed by atoms with E-state index in [-0.39, 0.29) is 12.0 Å². The van der Waals surface area contributed by atoms with Gasteiger partial charge in [-0.3, -0.25) is 9.59 Å². The highest BCUT2D eigenvalue weighted by Crippen LogP contribution is 2.13. The molecule has 0 saturated heterocycles. The molecule has 2 aromatic rings. The maximum atomic E-state index is 11.8. The first-order valence-corrected chi connectivity index (χ1v) is 5.65. The van der Waals surface area contributed by atoms with Crippen LogP contribution < -0.4 is 17.0 Å². The third kappa shape index (κ3) is 2.41. The molecule has 0 spiro atoms. The van der Waals surface area contributed by atoms with Crippen LogP contribution in [0, 0.1) is 6.92 Å². The summed E-state index contributed by atoms with van der Waals surface area (Å²) in [6.07, 6.45) is 0.147. The van der Waals surface area contributed by atoms with Crippen molar-refractivity contribution in [2.75, 3.05) is 0 Å². The van der Waals surface area contributed by atoms with E-state index in [2.05, 4.69) is 4.98 Å². The summed E-state index contributed by atoms with van der Waals surface area (Å²) in [6, 6.07) is 6.68. The Kier molecular flexibility index (Phi) is 3.16. The zero-order chi connectivity index (χ0) is 13.3. The van der Waals surface area contributed by atoms with E-state index in [0.717, 1.165) is 16.5 Å². The number of H-pyrrole nitrogens is 1. The Morgan fingerprint density at radius 3 is 2.78 bits per heavy atom. The van der Waals surface area contributed by atoms with Crippen molar-refractivity contribution in [3.05, 3.63) is 45.7 Å². The van der Waals surface area contributed by atoms with Gasteiger partial charge in [0.25, 0.3) is 5.56 Å². The summed E-state index contributed by atoms with van der Waals surface area (Å²) in [4.78, 5) is 25.5. The summed E-state index contributed by atoms with van der Waals surface area (Å²) in [6.45, 7) is 1.95. The Labute approximate surface area is 104 Å². The Morgan fingerprint density at radius 1 is 1.39 bits per heavy atom. The van der Waals surface area contributed by atoms with E-state index in [9.17, 15) is 9.59 Å². The van der Waals surface area contributed by atoms with Crippen LogP contribution >= 0.6 is 0 Å². The lowest BCUT2D eigenvalue weighted by Gasteiger charge is -2.08.